The first-order chi connectivity index (χ1) is 12.3. The molecule has 8 heteroatoms. The summed E-state index contributed by atoms with van der Waals surface area (Å²) in [7, 11) is 0. The van der Waals surface area contributed by atoms with Gasteiger partial charge < -0.3 is 15.1 Å². The average molecular weight is 369 g/mol. The van der Waals surface area contributed by atoms with Gasteiger partial charge >= 0.3 is 5.63 Å². The second-order valence-electron chi connectivity index (χ2n) is 5.79. The van der Waals surface area contributed by atoms with Gasteiger partial charge in [0.05, 0.1) is 4.92 Å². The monoisotopic (exact) mass is 369 g/mol. The zero-order valence-corrected chi connectivity index (χ0v) is 14.8. The van der Waals surface area contributed by atoms with Crippen LogP contribution in [0.25, 0.3) is 11.0 Å². The van der Waals surface area contributed by atoms with Crippen LogP contribution < -0.4 is 16.3 Å². The molecule has 2 aromatic carbocycles. The normalized spacial score (nSPS) is 10.5. The number of rotatable bonds is 3. The maximum Gasteiger partial charge on any atom is 0.336 e. The fourth-order valence-corrected chi connectivity index (χ4v) is 2.82. The molecule has 0 saturated carbocycles. The topological polar surface area (TPSA) is 97.4 Å². The predicted octanol–water partition coefficient (Wildman–Crippen LogP) is 4.13. The van der Waals surface area contributed by atoms with Crippen LogP contribution in [0.2, 0.25) is 0 Å². The molecule has 0 saturated heterocycles. The third kappa shape index (κ3) is 3.70. The van der Waals surface area contributed by atoms with E-state index in [1.165, 1.54) is 18.2 Å². The van der Waals surface area contributed by atoms with E-state index < -0.39 is 10.5 Å². The SMILES string of the molecule is Cc1cc([N+](=O)[O-])ccc1NC(=S)Nc1ccc2c(C)cc(=O)oc2c1. The van der Waals surface area contributed by atoms with Gasteiger partial charge in [-0.2, -0.15) is 0 Å². The van der Waals surface area contributed by atoms with Gasteiger partial charge in [0.15, 0.2) is 5.11 Å². The Kier molecular flexibility index (Phi) is 4.68. The van der Waals surface area contributed by atoms with Crippen LogP contribution >= 0.6 is 12.2 Å². The zero-order valence-electron chi connectivity index (χ0n) is 14.0. The van der Waals surface area contributed by atoms with Gasteiger partial charge in [0.25, 0.3) is 5.69 Å². The van der Waals surface area contributed by atoms with E-state index in [0.29, 0.717) is 27.6 Å². The largest absolute Gasteiger partial charge is 0.423 e. The number of hydrogen-bond acceptors (Lipinski definition) is 5. The Morgan fingerprint density at radius 3 is 2.54 bits per heavy atom. The van der Waals surface area contributed by atoms with Gasteiger partial charge in [-0.05, 0) is 55.4 Å². The van der Waals surface area contributed by atoms with Crippen LogP contribution in [-0.2, 0) is 0 Å². The van der Waals surface area contributed by atoms with E-state index in [4.69, 9.17) is 16.6 Å². The molecule has 132 valence electrons. The smallest absolute Gasteiger partial charge is 0.336 e. The number of aryl methyl sites for hydroxylation is 2. The summed E-state index contributed by atoms with van der Waals surface area (Å²) in [5.74, 6) is 0. The van der Waals surface area contributed by atoms with E-state index in [9.17, 15) is 14.9 Å². The van der Waals surface area contributed by atoms with Crippen LogP contribution in [0.15, 0.2) is 51.7 Å². The summed E-state index contributed by atoms with van der Waals surface area (Å²) < 4.78 is 5.21. The maximum atomic E-state index is 11.5. The Bertz CT molecular complexity index is 1090. The minimum absolute atomic E-state index is 0.0202. The van der Waals surface area contributed by atoms with E-state index in [-0.39, 0.29) is 5.69 Å². The molecule has 7 nitrogen and oxygen atoms in total. The molecule has 0 spiro atoms. The summed E-state index contributed by atoms with van der Waals surface area (Å²) in [5, 5.41) is 18.0. The van der Waals surface area contributed by atoms with Crippen molar-refractivity contribution >= 4 is 45.4 Å². The van der Waals surface area contributed by atoms with Crippen LogP contribution in [0.5, 0.6) is 0 Å². The lowest BCUT2D eigenvalue weighted by molar-refractivity contribution is -0.384. The first-order valence-electron chi connectivity index (χ1n) is 7.71. The van der Waals surface area contributed by atoms with Crippen molar-refractivity contribution in [1.82, 2.24) is 0 Å². The number of nitro groups is 1. The highest BCUT2D eigenvalue weighted by molar-refractivity contribution is 7.80. The van der Waals surface area contributed by atoms with Crippen LogP contribution in [0.1, 0.15) is 11.1 Å². The Balaban J connectivity index is 1.79. The highest BCUT2D eigenvalue weighted by Gasteiger charge is 2.09. The first-order valence-corrected chi connectivity index (χ1v) is 8.12. The summed E-state index contributed by atoms with van der Waals surface area (Å²) in [6, 6.07) is 11.3. The highest BCUT2D eigenvalue weighted by atomic mass is 32.1. The molecule has 2 N–H and O–H groups in total. The molecule has 0 aliphatic carbocycles. The third-order valence-corrected chi connectivity index (χ3v) is 4.08. The molecule has 3 aromatic rings. The van der Waals surface area contributed by atoms with Crippen LogP contribution in [0.3, 0.4) is 0 Å². The number of nitrogens with zero attached hydrogens (tertiary/aromatic N) is 1. The summed E-state index contributed by atoms with van der Waals surface area (Å²) >= 11 is 5.29. The second kappa shape index (κ2) is 6.93. The zero-order chi connectivity index (χ0) is 18.8. The fourth-order valence-electron chi connectivity index (χ4n) is 2.59. The van der Waals surface area contributed by atoms with E-state index in [2.05, 4.69) is 10.6 Å². The Hall–Kier alpha value is -3.26. The molecule has 26 heavy (non-hydrogen) atoms. The third-order valence-electron chi connectivity index (χ3n) is 3.88. The van der Waals surface area contributed by atoms with Crippen molar-refractivity contribution in [2.45, 2.75) is 13.8 Å². The van der Waals surface area contributed by atoms with Crippen molar-refractivity contribution in [2.75, 3.05) is 10.6 Å². The molecule has 0 atom stereocenters. The Labute approximate surface area is 153 Å². The number of non-ortho nitro benzene ring substituents is 1. The lowest BCUT2D eigenvalue weighted by Gasteiger charge is -2.13. The molecule has 0 radical (unpaired) electrons. The molecule has 0 amide bonds. The van der Waals surface area contributed by atoms with Gasteiger partial charge in [0, 0.05) is 41.0 Å². The number of benzene rings is 2. The molecular weight excluding hydrogens is 354 g/mol. The molecule has 1 aromatic heterocycles. The summed E-state index contributed by atoms with van der Waals surface area (Å²) in [4.78, 5) is 21.9. The van der Waals surface area contributed by atoms with Crippen molar-refractivity contribution in [2.24, 2.45) is 0 Å². The van der Waals surface area contributed by atoms with Crippen molar-refractivity contribution < 1.29 is 9.34 Å². The Morgan fingerprint density at radius 1 is 1.08 bits per heavy atom. The number of nitrogens with one attached hydrogen (secondary N) is 2. The highest BCUT2D eigenvalue weighted by Crippen LogP contribution is 2.23. The van der Waals surface area contributed by atoms with Crippen molar-refractivity contribution in [3.63, 3.8) is 0 Å². The molecule has 1 heterocycles. The fraction of sp³-hybridized carbons (Fsp3) is 0.111. The first kappa shape index (κ1) is 17.6. The quantitative estimate of drug-likeness (QED) is 0.310. The summed E-state index contributed by atoms with van der Waals surface area (Å²) in [5.41, 5.74) is 2.93. The second-order valence-corrected chi connectivity index (χ2v) is 6.20. The lowest BCUT2D eigenvalue weighted by Crippen LogP contribution is -2.19. The maximum absolute atomic E-state index is 11.5. The number of anilines is 2. The van der Waals surface area contributed by atoms with Gasteiger partial charge in [0.2, 0.25) is 0 Å². The van der Waals surface area contributed by atoms with Gasteiger partial charge in [-0.1, -0.05) is 0 Å². The Morgan fingerprint density at radius 2 is 1.85 bits per heavy atom. The van der Waals surface area contributed by atoms with Gasteiger partial charge in [-0.25, -0.2) is 4.79 Å². The minimum Gasteiger partial charge on any atom is -0.423 e. The number of nitro benzene ring substituents is 1. The van der Waals surface area contributed by atoms with Crippen molar-refractivity contribution in [3.05, 3.63) is 74.1 Å². The summed E-state index contributed by atoms with van der Waals surface area (Å²) in [6.45, 7) is 3.60. The molecule has 3 rings (SSSR count). The predicted molar refractivity (Wildman–Crippen MR) is 105 cm³/mol. The summed E-state index contributed by atoms with van der Waals surface area (Å²) in [6.07, 6.45) is 0. The van der Waals surface area contributed by atoms with E-state index in [1.54, 1.807) is 19.1 Å². The van der Waals surface area contributed by atoms with E-state index in [0.717, 1.165) is 10.9 Å². The average Bonchev–Trinajstić information content (AvgIpc) is 2.56. The van der Waals surface area contributed by atoms with Crippen LogP contribution in [0, 0.1) is 24.0 Å². The van der Waals surface area contributed by atoms with Crippen LogP contribution in [-0.4, -0.2) is 10.0 Å². The number of fused-ring (bicyclic) bond motifs is 1. The molecule has 0 fully saturated rings. The number of thiocarbonyl (C=S) groups is 1. The van der Waals surface area contributed by atoms with Gasteiger partial charge in [-0.15, -0.1) is 0 Å². The van der Waals surface area contributed by atoms with Crippen LogP contribution in [0.4, 0.5) is 17.1 Å². The van der Waals surface area contributed by atoms with Crippen molar-refractivity contribution in [3.8, 4) is 0 Å². The molecule has 0 aliphatic rings. The minimum atomic E-state index is -0.446. The molecular formula is C18H15N3O4S. The van der Waals surface area contributed by atoms with Gasteiger partial charge in [0.1, 0.15) is 5.58 Å². The standard InChI is InChI=1S/C18H15N3O4S/c1-10-8-17(22)25-16-9-12(3-5-14(10)16)19-18(26)20-15-6-4-13(21(23)24)7-11(15)2/h3-9H,1-2H3,(H2,19,20,26). The van der Waals surface area contributed by atoms with E-state index in [1.807, 2.05) is 19.1 Å². The van der Waals surface area contributed by atoms with Gasteiger partial charge in [-0.3, -0.25) is 10.1 Å². The molecule has 0 bridgehead atoms. The lowest BCUT2D eigenvalue weighted by atomic mass is 10.1. The van der Waals surface area contributed by atoms with Crippen molar-refractivity contribution in [1.29, 1.82) is 0 Å². The molecule has 0 aliphatic heterocycles. The molecule has 0 unspecified atom stereocenters. The number of hydrogen-bond donors (Lipinski definition) is 2. The van der Waals surface area contributed by atoms with E-state index >= 15 is 0 Å².